The lowest BCUT2D eigenvalue weighted by Crippen LogP contribution is -2.39. The van der Waals surface area contributed by atoms with Gasteiger partial charge in [0.15, 0.2) is 0 Å². The molecule has 1 aliphatic rings. The number of nitrogens with one attached hydrogen (secondary N) is 3. The molecule has 2 aromatic rings. The highest BCUT2D eigenvalue weighted by Gasteiger charge is 2.30. The first-order chi connectivity index (χ1) is 11.0. The molecule has 0 aromatic heterocycles. The van der Waals surface area contributed by atoms with Gasteiger partial charge in [-0.25, -0.2) is 15.2 Å². The number of anilines is 1. The Morgan fingerprint density at radius 3 is 2.61 bits per heavy atom. The zero-order valence-electron chi connectivity index (χ0n) is 13.2. The molecule has 2 aromatic carbocycles. The van der Waals surface area contributed by atoms with E-state index in [4.69, 9.17) is 0 Å². The molecule has 1 heterocycles. The van der Waals surface area contributed by atoms with Gasteiger partial charge in [0.25, 0.3) is 0 Å². The van der Waals surface area contributed by atoms with E-state index in [9.17, 15) is 9.18 Å². The van der Waals surface area contributed by atoms with Crippen molar-refractivity contribution in [3.8, 4) is 0 Å². The Bertz CT molecular complexity index is 715. The molecule has 1 fully saturated rings. The summed E-state index contributed by atoms with van der Waals surface area (Å²) in [6, 6.07) is 12.6. The molecule has 1 aliphatic heterocycles. The van der Waals surface area contributed by atoms with Gasteiger partial charge in [-0.1, -0.05) is 35.9 Å². The number of halogens is 1. The third kappa shape index (κ3) is 3.41. The number of hydrazine groups is 1. The first-order valence-corrected chi connectivity index (χ1v) is 7.68. The Balaban J connectivity index is 1.65. The van der Waals surface area contributed by atoms with Crippen LogP contribution in [0.5, 0.6) is 0 Å². The number of hydrogen-bond donors (Lipinski definition) is 3. The monoisotopic (exact) mass is 313 g/mol. The predicted molar refractivity (Wildman–Crippen MR) is 88.4 cm³/mol. The molecule has 0 saturated carbocycles. The van der Waals surface area contributed by atoms with Crippen LogP contribution >= 0.6 is 0 Å². The Kier molecular flexibility index (Phi) is 4.41. The van der Waals surface area contributed by atoms with Crippen LogP contribution in [0.4, 0.5) is 10.1 Å². The van der Waals surface area contributed by atoms with Crippen molar-refractivity contribution in [3.05, 3.63) is 65.0 Å². The number of rotatable bonds is 3. The molecule has 0 spiro atoms. The van der Waals surface area contributed by atoms with Gasteiger partial charge in [0, 0.05) is 17.3 Å². The Morgan fingerprint density at radius 1 is 1.13 bits per heavy atom. The van der Waals surface area contributed by atoms with E-state index < -0.39 is 0 Å². The van der Waals surface area contributed by atoms with E-state index >= 15 is 0 Å². The summed E-state index contributed by atoms with van der Waals surface area (Å²) in [5.41, 5.74) is 9.47. The summed E-state index contributed by atoms with van der Waals surface area (Å²) in [5, 5.41) is 2.79. The minimum Gasteiger partial charge on any atom is -0.324 e. The smallest absolute Gasteiger partial charge is 0.242 e. The normalized spacial score (nSPS) is 20.5. The maximum absolute atomic E-state index is 13.5. The molecule has 0 radical (unpaired) electrons. The van der Waals surface area contributed by atoms with Crippen LogP contribution in [0.15, 0.2) is 42.5 Å². The van der Waals surface area contributed by atoms with Gasteiger partial charge in [-0.3, -0.25) is 4.79 Å². The number of amides is 1. The lowest BCUT2D eigenvalue weighted by atomic mass is 10.0. The lowest BCUT2D eigenvalue weighted by molar-refractivity contribution is -0.117. The van der Waals surface area contributed by atoms with Crippen molar-refractivity contribution < 1.29 is 9.18 Å². The van der Waals surface area contributed by atoms with Crippen molar-refractivity contribution >= 4 is 11.6 Å². The average Bonchev–Trinajstić information content (AvgIpc) is 3.02. The molecule has 0 aliphatic carbocycles. The molecule has 2 unspecified atom stereocenters. The van der Waals surface area contributed by atoms with Crippen LogP contribution in [0.1, 0.15) is 29.2 Å². The van der Waals surface area contributed by atoms with E-state index in [-0.39, 0.29) is 23.8 Å². The minimum absolute atomic E-state index is 0.0833. The fourth-order valence-electron chi connectivity index (χ4n) is 2.71. The predicted octanol–water partition coefficient (Wildman–Crippen LogP) is 2.99. The fourth-order valence-corrected chi connectivity index (χ4v) is 2.71. The van der Waals surface area contributed by atoms with E-state index in [2.05, 4.69) is 40.4 Å². The first-order valence-electron chi connectivity index (χ1n) is 7.68. The summed E-state index contributed by atoms with van der Waals surface area (Å²) in [4.78, 5) is 12.4. The van der Waals surface area contributed by atoms with Gasteiger partial charge in [0.1, 0.15) is 11.9 Å². The summed E-state index contributed by atoms with van der Waals surface area (Å²) in [6.45, 7) is 3.70. The highest BCUT2D eigenvalue weighted by atomic mass is 19.1. The molecular weight excluding hydrogens is 293 g/mol. The Morgan fingerprint density at radius 2 is 1.87 bits per heavy atom. The van der Waals surface area contributed by atoms with Crippen LogP contribution in [-0.2, 0) is 4.79 Å². The van der Waals surface area contributed by atoms with Crippen molar-refractivity contribution in [1.82, 2.24) is 10.9 Å². The molecule has 120 valence electrons. The fraction of sp³-hybridized carbons (Fsp3) is 0.278. The largest absolute Gasteiger partial charge is 0.324 e. The van der Waals surface area contributed by atoms with Crippen molar-refractivity contribution in [2.45, 2.75) is 32.4 Å². The van der Waals surface area contributed by atoms with Gasteiger partial charge in [0.05, 0.1) is 0 Å². The summed E-state index contributed by atoms with van der Waals surface area (Å²) < 4.78 is 13.5. The third-order valence-electron chi connectivity index (χ3n) is 4.22. The topological polar surface area (TPSA) is 53.2 Å². The van der Waals surface area contributed by atoms with E-state index in [1.54, 1.807) is 19.1 Å². The van der Waals surface area contributed by atoms with Crippen molar-refractivity contribution in [2.24, 2.45) is 0 Å². The van der Waals surface area contributed by atoms with Gasteiger partial charge in [-0.05, 0) is 38.0 Å². The van der Waals surface area contributed by atoms with Crippen molar-refractivity contribution in [1.29, 1.82) is 0 Å². The van der Waals surface area contributed by atoms with Crippen molar-refractivity contribution in [3.63, 3.8) is 0 Å². The van der Waals surface area contributed by atoms with Crippen LogP contribution in [-0.4, -0.2) is 11.9 Å². The summed E-state index contributed by atoms with van der Waals surface area (Å²) >= 11 is 0. The van der Waals surface area contributed by atoms with E-state index in [1.165, 1.54) is 11.6 Å². The van der Waals surface area contributed by atoms with Gasteiger partial charge in [0.2, 0.25) is 5.91 Å². The number of carbonyl (C=O) groups excluding carboxylic acids is 1. The SMILES string of the molecule is Cc1ccc(C2CC(C(=O)Nc3cccc(F)c3C)NN2)cc1. The molecule has 3 rings (SSSR count). The Hall–Kier alpha value is -2.24. The molecule has 2 atom stereocenters. The molecule has 1 saturated heterocycles. The van der Waals surface area contributed by atoms with Crippen LogP contribution < -0.4 is 16.2 Å². The van der Waals surface area contributed by atoms with Gasteiger partial charge >= 0.3 is 0 Å². The standard InChI is InChI=1S/C18H20FN3O/c1-11-6-8-13(9-7-11)16-10-17(22-21-16)18(23)20-15-5-3-4-14(19)12(15)2/h3-9,16-17,21-22H,10H2,1-2H3,(H,20,23). The Labute approximate surface area is 135 Å². The highest BCUT2D eigenvalue weighted by molar-refractivity contribution is 5.95. The zero-order chi connectivity index (χ0) is 16.4. The van der Waals surface area contributed by atoms with Crippen molar-refractivity contribution in [2.75, 3.05) is 5.32 Å². The molecule has 5 heteroatoms. The summed E-state index contributed by atoms with van der Waals surface area (Å²) in [7, 11) is 0. The molecule has 1 amide bonds. The van der Waals surface area contributed by atoms with E-state index in [0.717, 1.165) is 5.56 Å². The second-order valence-corrected chi connectivity index (χ2v) is 5.94. The van der Waals surface area contributed by atoms with E-state index in [1.807, 2.05) is 6.92 Å². The van der Waals surface area contributed by atoms with Gasteiger partial charge in [-0.15, -0.1) is 0 Å². The molecular formula is C18H20FN3O. The number of carbonyl (C=O) groups is 1. The second kappa shape index (κ2) is 6.48. The summed E-state index contributed by atoms with van der Waals surface area (Å²) in [5.74, 6) is -0.487. The minimum atomic E-state index is -0.357. The quantitative estimate of drug-likeness (QED) is 0.816. The third-order valence-corrected chi connectivity index (χ3v) is 4.22. The zero-order valence-corrected chi connectivity index (χ0v) is 13.2. The van der Waals surface area contributed by atoms with Gasteiger partial charge < -0.3 is 5.32 Å². The molecule has 23 heavy (non-hydrogen) atoms. The van der Waals surface area contributed by atoms with Crippen LogP contribution in [0, 0.1) is 19.7 Å². The molecule has 3 N–H and O–H groups in total. The van der Waals surface area contributed by atoms with E-state index in [0.29, 0.717) is 17.7 Å². The molecule has 0 bridgehead atoms. The lowest BCUT2D eigenvalue weighted by Gasteiger charge is -2.13. The summed E-state index contributed by atoms with van der Waals surface area (Å²) in [6.07, 6.45) is 0.642. The second-order valence-electron chi connectivity index (χ2n) is 5.94. The maximum atomic E-state index is 13.5. The average molecular weight is 313 g/mol. The maximum Gasteiger partial charge on any atom is 0.242 e. The highest BCUT2D eigenvalue weighted by Crippen LogP contribution is 2.24. The van der Waals surface area contributed by atoms with Crippen LogP contribution in [0.3, 0.4) is 0 Å². The number of benzene rings is 2. The number of aryl methyl sites for hydroxylation is 1. The van der Waals surface area contributed by atoms with Gasteiger partial charge in [-0.2, -0.15) is 0 Å². The van der Waals surface area contributed by atoms with Crippen LogP contribution in [0.25, 0.3) is 0 Å². The van der Waals surface area contributed by atoms with Crippen LogP contribution in [0.2, 0.25) is 0 Å². The first kappa shape index (κ1) is 15.6. The number of hydrogen-bond acceptors (Lipinski definition) is 3. The molecule has 4 nitrogen and oxygen atoms in total.